The van der Waals surface area contributed by atoms with Crippen LogP contribution in [0.15, 0.2) is 53.7 Å². The summed E-state index contributed by atoms with van der Waals surface area (Å²) in [6.07, 6.45) is 1.19. The van der Waals surface area contributed by atoms with Crippen molar-refractivity contribution in [2.45, 2.75) is 38.0 Å². The van der Waals surface area contributed by atoms with Gasteiger partial charge < -0.3 is 19.5 Å². The highest BCUT2D eigenvalue weighted by Crippen LogP contribution is 2.45. The minimum absolute atomic E-state index is 0.0583. The Morgan fingerprint density at radius 2 is 1.81 bits per heavy atom. The van der Waals surface area contributed by atoms with Crippen LogP contribution in [0.1, 0.15) is 49.1 Å². The fourth-order valence-electron chi connectivity index (χ4n) is 4.61. The molecule has 1 heterocycles. The van der Waals surface area contributed by atoms with Crippen molar-refractivity contribution in [1.82, 2.24) is 5.32 Å². The first kappa shape index (κ1) is 21.0. The summed E-state index contributed by atoms with van der Waals surface area (Å²) in [5, 5.41) is 2.97. The molecular formula is C25H27NO5. The van der Waals surface area contributed by atoms with Gasteiger partial charge in [-0.2, -0.15) is 0 Å². The Bertz CT molecular complexity index is 1040. The van der Waals surface area contributed by atoms with E-state index >= 15 is 0 Å². The van der Waals surface area contributed by atoms with E-state index in [1.165, 1.54) is 0 Å². The van der Waals surface area contributed by atoms with E-state index in [0.29, 0.717) is 42.2 Å². The van der Waals surface area contributed by atoms with Crippen LogP contribution in [0.25, 0.3) is 0 Å². The van der Waals surface area contributed by atoms with Gasteiger partial charge in [0, 0.05) is 41.5 Å². The van der Waals surface area contributed by atoms with Gasteiger partial charge in [-0.25, -0.2) is 0 Å². The molecule has 2 aliphatic rings. The molecule has 31 heavy (non-hydrogen) atoms. The summed E-state index contributed by atoms with van der Waals surface area (Å²) in [6, 6.07) is 13.3. The number of allylic oxidation sites excluding steroid dienone is 2. The maximum absolute atomic E-state index is 13.4. The lowest BCUT2D eigenvalue weighted by Gasteiger charge is -2.35. The Labute approximate surface area is 182 Å². The third kappa shape index (κ3) is 4.15. The summed E-state index contributed by atoms with van der Waals surface area (Å²) in [6.45, 7) is 2.49. The fraction of sp³-hybridized carbons (Fsp3) is 0.360. The van der Waals surface area contributed by atoms with Crippen LogP contribution < -0.4 is 19.5 Å². The first-order valence-electron chi connectivity index (χ1n) is 10.5. The van der Waals surface area contributed by atoms with Gasteiger partial charge in [0.25, 0.3) is 0 Å². The Morgan fingerprint density at radius 3 is 2.55 bits per heavy atom. The van der Waals surface area contributed by atoms with Crippen molar-refractivity contribution in [3.8, 4) is 17.2 Å². The average molecular weight is 421 g/mol. The molecule has 1 aliphatic heterocycles. The van der Waals surface area contributed by atoms with Crippen molar-refractivity contribution in [1.29, 1.82) is 0 Å². The molecule has 1 amide bonds. The van der Waals surface area contributed by atoms with Crippen molar-refractivity contribution in [2.24, 2.45) is 0 Å². The Hall–Kier alpha value is -3.28. The molecule has 0 radical (unpaired) electrons. The number of methoxy groups -OCH3 is 2. The molecule has 2 atom stereocenters. The van der Waals surface area contributed by atoms with E-state index in [4.69, 9.17) is 14.2 Å². The molecule has 6 nitrogen and oxygen atoms in total. The molecule has 0 unspecified atom stereocenters. The van der Waals surface area contributed by atoms with Crippen molar-refractivity contribution in [3.63, 3.8) is 0 Å². The van der Waals surface area contributed by atoms with Crippen LogP contribution in [0.2, 0.25) is 0 Å². The van der Waals surface area contributed by atoms with E-state index in [2.05, 4.69) is 5.32 Å². The zero-order valence-electron chi connectivity index (χ0n) is 18.1. The molecule has 1 N–H and O–H groups in total. The maximum atomic E-state index is 13.4. The summed E-state index contributed by atoms with van der Waals surface area (Å²) in [5.41, 5.74) is 3.27. The van der Waals surface area contributed by atoms with Gasteiger partial charge in [-0.1, -0.05) is 12.1 Å². The molecule has 0 bridgehead atoms. The SMILES string of the molecule is CCOc1cccc([C@H]2CC(=O)NC3=C2C(=O)C[C@H](c2cc(OC)ccc2OC)C3)c1. The molecule has 0 fully saturated rings. The van der Waals surface area contributed by atoms with E-state index < -0.39 is 0 Å². The Balaban J connectivity index is 1.71. The van der Waals surface area contributed by atoms with Crippen LogP contribution in [0.3, 0.4) is 0 Å². The zero-order chi connectivity index (χ0) is 22.0. The number of hydrogen-bond acceptors (Lipinski definition) is 5. The van der Waals surface area contributed by atoms with E-state index in [1.54, 1.807) is 14.2 Å². The number of rotatable bonds is 6. The van der Waals surface area contributed by atoms with Crippen LogP contribution in [0.5, 0.6) is 17.2 Å². The quantitative estimate of drug-likeness (QED) is 0.760. The van der Waals surface area contributed by atoms with Crippen LogP contribution in [-0.4, -0.2) is 32.5 Å². The second kappa shape index (κ2) is 8.84. The molecule has 0 saturated heterocycles. The van der Waals surface area contributed by atoms with Crippen molar-refractivity contribution in [3.05, 3.63) is 64.9 Å². The second-order valence-electron chi connectivity index (χ2n) is 7.84. The lowest BCUT2D eigenvalue weighted by molar-refractivity contribution is -0.122. The summed E-state index contributed by atoms with van der Waals surface area (Å²) < 4.78 is 16.5. The molecule has 1 aliphatic carbocycles. The Kier molecular flexibility index (Phi) is 5.98. The second-order valence-corrected chi connectivity index (χ2v) is 7.84. The predicted molar refractivity (Wildman–Crippen MR) is 117 cm³/mol. The fourth-order valence-corrected chi connectivity index (χ4v) is 4.61. The molecule has 162 valence electrons. The topological polar surface area (TPSA) is 73.9 Å². The van der Waals surface area contributed by atoms with Crippen LogP contribution in [-0.2, 0) is 9.59 Å². The van der Waals surface area contributed by atoms with Crippen LogP contribution >= 0.6 is 0 Å². The monoisotopic (exact) mass is 421 g/mol. The molecule has 2 aromatic carbocycles. The summed E-state index contributed by atoms with van der Waals surface area (Å²) in [4.78, 5) is 25.9. The van der Waals surface area contributed by atoms with Gasteiger partial charge in [-0.15, -0.1) is 0 Å². The maximum Gasteiger partial charge on any atom is 0.225 e. The Morgan fingerprint density at radius 1 is 0.968 bits per heavy atom. The number of Topliss-reactive ketones (excluding diaryl/α,β-unsaturated/α-hetero) is 1. The molecule has 0 aromatic heterocycles. The normalized spacial score (nSPS) is 20.7. The zero-order valence-corrected chi connectivity index (χ0v) is 18.1. The molecule has 6 heteroatoms. The van der Waals surface area contributed by atoms with E-state index in [9.17, 15) is 9.59 Å². The van der Waals surface area contributed by atoms with Crippen molar-refractivity contribution >= 4 is 11.7 Å². The molecule has 2 aromatic rings. The van der Waals surface area contributed by atoms with Gasteiger partial charge >= 0.3 is 0 Å². The molecule has 0 saturated carbocycles. The minimum atomic E-state index is -0.259. The van der Waals surface area contributed by atoms with Gasteiger partial charge in [0.1, 0.15) is 17.2 Å². The first-order chi connectivity index (χ1) is 15.0. The van der Waals surface area contributed by atoms with Gasteiger partial charge in [-0.05, 0) is 49.2 Å². The van der Waals surface area contributed by atoms with E-state index in [-0.39, 0.29) is 29.9 Å². The number of ketones is 1. The van der Waals surface area contributed by atoms with Crippen LogP contribution in [0.4, 0.5) is 0 Å². The van der Waals surface area contributed by atoms with Gasteiger partial charge in [0.2, 0.25) is 5.91 Å². The minimum Gasteiger partial charge on any atom is -0.497 e. The van der Waals surface area contributed by atoms with Gasteiger partial charge in [0.05, 0.1) is 20.8 Å². The highest BCUT2D eigenvalue weighted by Gasteiger charge is 2.39. The largest absolute Gasteiger partial charge is 0.497 e. The standard InChI is InChI=1S/C25H27NO5/c1-4-31-18-7-5-6-15(10-18)20-14-24(28)26-21-11-16(12-22(27)25(20)21)19-13-17(29-2)8-9-23(19)30-3/h5-10,13,16,20H,4,11-12,14H2,1-3H3,(H,26,28)/t16-,20-/m1/s1. The number of carbonyl (C=O) groups excluding carboxylic acids is 2. The highest BCUT2D eigenvalue weighted by atomic mass is 16.5. The molecular weight excluding hydrogens is 394 g/mol. The number of hydrogen-bond donors (Lipinski definition) is 1. The lowest BCUT2D eigenvalue weighted by Crippen LogP contribution is -2.38. The molecule has 0 spiro atoms. The van der Waals surface area contributed by atoms with E-state index in [1.807, 2.05) is 49.4 Å². The number of ether oxygens (including phenoxy) is 3. The van der Waals surface area contributed by atoms with Crippen molar-refractivity contribution < 1.29 is 23.8 Å². The highest BCUT2D eigenvalue weighted by molar-refractivity contribution is 6.02. The molecule has 4 rings (SSSR count). The van der Waals surface area contributed by atoms with Gasteiger partial charge in [-0.3, -0.25) is 9.59 Å². The summed E-state index contributed by atoms with van der Waals surface area (Å²) >= 11 is 0. The first-order valence-corrected chi connectivity index (χ1v) is 10.5. The summed E-state index contributed by atoms with van der Waals surface area (Å²) in [7, 11) is 3.23. The smallest absolute Gasteiger partial charge is 0.225 e. The number of amides is 1. The summed E-state index contributed by atoms with van der Waals surface area (Å²) in [5.74, 6) is 1.80. The average Bonchev–Trinajstić information content (AvgIpc) is 2.78. The lowest BCUT2D eigenvalue weighted by atomic mass is 9.73. The van der Waals surface area contributed by atoms with Crippen LogP contribution in [0, 0.1) is 0 Å². The number of nitrogens with one attached hydrogen (secondary N) is 1. The van der Waals surface area contributed by atoms with Crippen molar-refractivity contribution in [2.75, 3.05) is 20.8 Å². The predicted octanol–water partition coefficient (Wildman–Crippen LogP) is 4.11. The number of benzene rings is 2. The number of carbonyl (C=O) groups is 2. The van der Waals surface area contributed by atoms with Gasteiger partial charge in [0.15, 0.2) is 5.78 Å². The van der Waals surface area contributed by atoms with E-state index in [0.717, 1.165) is 16.9 Å². The third-order valence-corrected chi connectivity index (χ3v) is 5.98. The third-order valence-electron chi connectivity index (χ3n) is 5.98.